The van der Waals surface area contributed by atoms with Gasteiger partial charge in [-0.15, -0.1) is 0 Å². The second-order valence-electron chi connectivity index (χ2n) is 6.72. The number of pyridine rings is 1. The highest BCUT2D eigenvalue weighted by Crippen LogP contribution is 2.42. The number of hydrogen-bond acceptors (Lipinski definition) is 4. The van der Waals surface area contributed by atoms with Crippen LogP contribution in [0.2, 0.25) is 0 Å². The minimum Gasteiger partial charge on any atom is -0.493 e. The molecule has 0 saturated heterocycles. The van der Waals surface area contributed by atoms with Gasteiger partial charge in [0.1, 0.15) is 11.6 Å². The van der Waals surface area contributed by atoms with Crippen molar-refractivity contribution in [1.29, 1.82) is 0 Å². The van der Waals surface area contributed by atoms with Gasteiger partial charge in [0, 0.05) is 16.7 Å². The predicted octanol–water partition coefficient (Wildman–Crippen LogP) is 6.61. The summed E-state index contributed by atoms with van der Waals surface area (Å²) in [6.07, 6.45) is -2.04. The number of nitrogens with zero attached hydrogens (tertiary/aromatic N) is 1. The number of benzene rings is 2. The highest BCUT2D eigenvalue weighted by Gasteiger charge is 2.34. The SMILES string of the molecule is CCOc1ccccc1Sc1ccc(C=CC(=O)Nc2cccc(C)n2)cc1C(F)(F)F. The summed E-state index contributed by atoms with van der Waals surface area (Å²) in [5.41, 5.74) is 0.212. The number of hydrogen-bond donors (Lipinski definition) is 1. The first-order valence-corrected chi connectivity index (χ1v) is 10.6. The Morgan fingerprint density at radius 2 is 1.88 bits per heavy atom. The van der Waals surface area contributed by atoms with Crippen LogP contribution in [0.25, 0.3) is 6.08 Å². The zero-order valence-electron chi connectivity index (χ0n) is 17.4. The number of aromatic nitrogens is 1. The van der Waals surface area contributed by atoms with Gasteiger partial charge in [-0.25, -0.2) is 4.98 Å². The van der Waals surface area contributed by atoms with Crippen molar-refractivity contribution in [2.24, 2.45) is 0 Å². The van der Waals surface area contributed by atoms with Crippen molar-refractivity contribution < 1.29 is 22.7 Å². The van der Waals surface area contributed by atoms with Gasteiger partial charge in [0.25, 0.3) is 0 Å². The normalized spacial score (nSPS) is 11.5. The van der Waals surface area contributed by atoms with Gasteiger partial charge in [0.2, 0.25) is 5.91 Å². The summed E-state index contributed by atoms with van der Waals surface area (Å²) >= 11 is 0.987. The molecule has 0 unspecified atom stereocenters. The lowest BCUT2D eigenvalue weighted by molar-refractivity contribution is -0.139. The summed E-state index contributed by atoms with van der Waals surface area (Å²) in [4.78, 5) is 16.9. The standard InChI is InChI=1S/C24H21F3N2O2S/c1-3-31-19-8-4-5-9-21(19)32-20-13-11-17(15-18(20)24(25,26)27)12-14-23(30)29-22-10-6-7-16(2)28-22/h4-15H,3H2,1-2H3,(H,28,29,30). The monoisotopic (exact) mass is 458 g/mol. The highest BCUT2D eigenvalue weighted by atomic mass is 32.2. The van der Waals surface area contributed by atoms with Gasteiger partial charge < -0.3 is 10.1 Å². The van der Waals surface area contributed by atoms with Crippen molar-refractivity contribution in [2.45, 2.75) is 29.8 Å². The molecule has 0 bridgehead atoms. The largest absolute Gasteiger partial charge is 0.493 e. The maximum absolute atomic E-state index is 13.7. The molecule has 8 heteroatoms. The molecule has 0 spiro atoms. The minimum atomic E-state index is -4.56. The van der Waals surface area contributed by atoms with Gasteiger partial charge >= 0.3 is 6.18 Å². The zero-order chi connectivity index (χ0) is 23.1. The molecule has 2 aromatic carbocycles. The van der Waals surface area contributed by atoms with Crippen molar-refractivity contribution in [3.05, 3.63) is 83.6 Å². The number of para-hydroxylation sites is 1. The molecule has 32 heavy (non-hydrogen) atoms. The molecule has 0 aliphatic rings. The van der Waals surface area contributed by atoms with E-state index in [1.54, 1.807) is 49.4 Å². The Balaban J connectivity index is 1.82. The number of halogens is 3. The summed E-state index contributed by atoms with van der Waals surface area (Å²) in [6, 6.07) is 16.1. The smallest absolute Gasteiger partial charge is 0.417 e. The fraction of sp³-hybridized carbons (Fsp3) is 0.167. The number of aryl methyl sites for hydroxylation is 1. The zero-order valence-corrected chi connectivity index (χ0v) is 18.3. The Morgan fingerprint density at radius 3 is 2.59 bits per heavy atom. The number of carbonyl (C=O) groups excluding carboxylic acids is 1. The van der Waals surface area contributed by atoms with Gasteiger partial charge in [-0.2, -0.15) is 13.2 Å². The highest BCUT2D eigenvalue weighted by molar-refractivity contribution is 7.99. The molecule has 1 N–H and O–H groups in total. The number of ether oxygens (including phenoxy) is 1. The van der Waals surface area contributed by atoms with E-state index in [-0.39, 0.29) is 10.5 Å². The van der Waals surface area contributed by atoms with Gasteiger partial charge in [-0.1, -0.05) is 36.0 Å². The van der Waals surface area contributed by atoms with E-state index in [4.69, 9.17) is 4.74 Å². The first kappa shape index (κ1) is 23.4. The molecule has 0 atom stereocenters. The summed E-state index contributed by atoms with van der Waals surface area (Å²) in [5.74, 6) is 0.412. The molecule has 0 aliphatic heterocycles. The Bertz CT molecular complexity index is 1130. The fourth-order valence-corrected chi connectivity index (χ4v) is 3.87. The van der Waals surface area contributed by atoms with Gasteiger partial charge in [-0.3, -0.25) is 4.79 Å². The first-order valence-electron chi connectivity index (χ1n) is 9.80. The molecule has 0 saturated carbocycles. The molecule has 166 valence electrons. The van der Waals surface area contributed by atoms with Crippen molar-refractivity contribution in [2.75, 3.05) is 11.9 Å². The molecular formula is C24H21F3N2O2S. The Hall–Kier alpha value is -3.26. The number of rotatable bonds is 7. The lowest BCUT2D eigenvalue weighted by Crippen LogP contribution is -2.09. The van der Waals surface area contributed by atoms with E-state index in [2.05, 4.69) is 10.3 Å². The van der Waals surface area contributed by atoms with Crippen molar-refractivity contribution in [3.63, 3.8) is 0 Å². The number of carbonyl (C=O) groups is 1. The van der Waals surface area contributed by atoms with E-state index in [0.29, 0.717) is 23.1 Å². The number of nitrogens with one attached hydrogen (secondary N) is 1. The van der Waals surface area contributed by atoms with E-state index in [1.165, 1.54) is 24.3 Å². The van der Waals surface area contributed by atoms with Crippen molar-refractivity contribution in [3.8, 4) is 5.75 Å². The average Bonchev–Trinajstić information content (AvgIpc) is 2.74. The molecule has 1 heterocycles. The lowest BCUT2D eigenvalue weighted by atomic mass is 10.1. The van der Waals surface area contributed by atoms with Crippen LogP contribution in [0.3, 0.4) is 0 Å². The molecule has 0 fully saturated rings. The van der Waals surface area contributed by atoms with Crippen LogP contribution in [0.4, 0.5) is 19.0 Å². The molecule has 3 rings (SSSR count). The molecule has 0 radical (unpaired) electrons. The van der Waals surface area contributed by atoms with E-state index < -0.39 is 17.6 Å². The molecule has 3 aromatic rings. The Morgan fingerprint density at radius 1 is 1.09 bits per heavy atom. The second-order valence-corrected chi connectivity index (χ2v) is 7.81. The lowest BCUT2D eigenvalue weighted by Gasteiger charge is -2.15. The van der Waals surface area contributed by atoms with Gasteiger partial charge in [0.15, 0.2) is 0 Å². The molecular weight excluding hydrogens is 437 g/mol. The van der Waals surface area contributed by atoms with Crippen LogP contribution in [0, 0.1) is 6.92 Å². The topological polar surface area (TPSA) is 51.2 Å². The van der Waals surface area contributed by atoms with Crippen molar-refractivity contribution >= 4 is 29.6 Å². The van der Waals surface area contributed by atoms with E-state index in [9.17, 15) is 18.0 Å². The number of amides is 1. The Labute approximate surface area is 188 Å². The quantitative estimate of drug-likeness (QED) is 0.405. The van der Waals surface area contributed by atoms with E-state index in [0.717, 1.165) is 23.5 Å². The predicted molar refractivity (Wildman–Crippen MR) is 120 cm³/mol. The number of alkyl halides is 3. The number of anilines is 1. The maximum atomic E-state index is 13.7. The summed E-state index contributed by atoms with van der Waals surface area (Å²) in [5, 5.41) is 2.58. The summed E-state index contributed by atoms with van der Waals surface area (Å²) in [6.45, 7) is 4.01. The van der Waals surface area contributed by atoms with Crippen LogP contribution in [0.5, 0.6) is 5.75 Å². The van der Waals surface area contributed by atoms with Crippen LogP contribution in [-0.2, 0) is 11.0 Å². The summed E-state index contributed by atoms with van der Waals surface area (Å²) < 4.78 is 46.8. The second kappa shape index (κ2) is 10.4. The molecule has 4 nitrogen and oxygen atoms in total. The van der Waals surface area contributed by atoms with Gasteiger partial charge in [-0.05, 0) is 61.9 Å². The van der Waals surface area contributed by atoms with Crippen LogP contribution in [0.15, 0.2) is 76.5 Å². The van der Waals surface area contributed by atoms with Gasteiger partial charge in [0.05, 0.1) is 17.1 Å². The first-order chi connectivity index (χ1) is 15.3. The average molecular weight is 459 g/mol. The third-order valence-electron chi connectivity index (χ3n) is 4.24. The third kappa shape index (κ3) is 6.37. The van der Waals surface area contributed by atoms with E-state index in [1.807, 2.05) is 6.92 Å². The fourth-order valence-electron chi connectivity index (χ4n) is 2.84. The van der Waals surface area contributed by atoms with E-state index >= 15 is 0 Å². The van der Waals surface area contributed by atoms with Crippen LogP contribution in [0.1, 0.15) is 23.7 Å². The molecule has 1 aromatic heterocycles. The Kier molecular flexibility index (Phi) is 7.58. The molecule has 0 aliphatic carbocycles. The van der Waals surface area contributed by atoms with Crippen LogP contribution < -0.4 is 10.1 Å². The molecule has 1 amide bonds. The van der Waals surface area contributed by atoms with Crippen LogP contribution >= 0.6 is 11.8 Å². The minimum absolute atomic E-state index is 0.0511. The summed E-state index contributed by atoms with van der Waals surface area (Å²) in [7, 11) is 0. The third-order valence-corrected chi connectivity index (χ3v) is 5.38. The maximum Gasteiger partial charge on any atom is 0.417 e. The van der Waals surface area contributed by atoms with Crippen LogP contribution in [-0.4, -0.2) is 17.5 Å². The van der Waals surface area contributed by atoms with Crippen molar-refractivity contribution in [1.82, 2.24) is 4.98 Å².